The summed E-state index contributed by atoms with van der Waals surface area (Å²) in [6, 6.07) is 17.0. The monoisotopic (exact) mass is 921 g/mol. The summed E-state index contributed by atoms with van der Waals surface area (Å²) in [4.78, 5) is 34.8. The van der Waals surface area contributed by atoms with Gasteiger partial charge in [0.15, 0.2) is 0 Å². The molecule has 10 atom stereocenters. The van der Waals surface area contributed by atoms with Gasteiger partial charge in [-0.1, -0.05) is 84.4 Å². The molecule has 1 amide bonds. The van der Waals surface area contributed by atoms with E-state index in [0.717, 1.165) is 135 Å². The van der Waals surface area contributed by atoms with Gasteiger partial charge < -0.3 is 29.3 Å². The normalized spacial score (nSPS) is 35.0. The third kappa shape index (κ3) is 9.62. The Hall–Kier alpha value is -3.40. The molecule has 8 rings (SSSR count). The van der Waals surface area contributed by atoms with Crippen LogP contribution in [0.25, 0.3) is 0 Å². The standard InChI is InChI=1S/C58H88N4O5/c1-41-23-28-58(30-29-56(7)48(52(58)42(41)2)21-22-50-55(6)26-25-51(67-43(3)63)54(4,5)49(55)24-27-57(50,56)8)53(64)59-31-11-32-60-35-37-61(38-36-60)33-12-34-62(39-44-13-17-46(65-9)18-14-44)40-45-15-19-47(66-10)20-16-45/h13-21,41-42,49-52H,11-12,22-40H2,1-10H3,(H,59,64)/t41-,42+,49+,50-,51+,52+,55+,56-,57-,58+/m1/s1. The van der Waals surface area contributed by atoms with E-state index in [4.69, 9.17) is 14.2 Å². The minimum atomic E-state index is -0.309. The van der Waals surface area contributed by atoms with Crippen molar-refractivity contribution in [3.05, 3.63) is 71.3 Å². The lowest BCUT2D eigenvalue weighted by atomic mass is 9.33. The highest BCUT2D eigenvalue weighted by molar-refractivity contribution is 5.84. The maximum Gasteiger partial charge on any atom is 0.302 e. The third-order valence-corrected chi connectivity index (χ3v) is 20.2. The van der Waals surface area contributed by atoms with Crippen molar-refractivity contribution < 1.29 is 23.8 Å². The van der Waals surface area contributed by atoms with Gasteiger partial charge in [0.1, 0.15) is 17.6 Å². The minimum absolute atomic E-state index is 0.00575. The SMILES string of the molecule is COc1ccc(CN(CCCN2CCN(CCCNC(=O)[C@]34CC[C@@H](C)[C@H](C)[C@H]3C3=CC[C@@H]5[C@@]6(C)CC[C@H](OC(C)=O)C(C)(C)[C@@H]6CC[C@@]5(C)[C@]3(C)CC4)CC2)Cc2ccc(OC)cc2)cc1. The molecule has 1 N–H and O–H groups in total. The van der Waals surface area contributed by atoms with Gasteiger partial charge in [-0.05, 0) is 165 Å². The number of carbonyl (C=O) groups is 2. The predicted octanol–water partition coefficient (Wildman–Crippen LogP) is 10.8. The van der Waals surface area contributed by atoms with Crippen LogP contribution in [0.2, 0.25) is 0 Å². The molecule has 2 aromatic carbocycles. The number of nitrogens with zero attached hydrogens (tertiary/aromatic N) is 3. The lowest BCUT2D eigenvalue weighted by Gasteiger charge is -2.71. The number of rotatable bonds is 16. The molecule has 370 valence electrons. The van der Waals surface area contributed by atoms with Crippen molar-refractivity contribution in [3.8, 4) is 11.5 Å². The number of hydrogen-bond acceptors (Lipinski definition) is 8. The fraction of sp³-hybridized carbons (Fsp3) is 0.724. The van der Waals surface area contributed by atoms with Gasteiger partial charge in [-0.25, -0.2) is 0 Å². The molecule has 0 unspecified atom stereocenters. The molecule has 9 nitrogen and oxygen atoms in total. The summed E-state index contributed by atoms with van der Waals surface area (Å²) in [5.74, 6) is 4.49. The van der Waals surface area contributed by atoms with Crippen LogP contribution < -0.4 is 14.8 Å². The van der Waals surface area contributed by atoms with Crippen LogP contribution in [-0.2, 0) is 27.4 Å². The highest BCUT2D eigenvalue weighted by atomic mass is 16.5. The number of hydrogen-bond donors (Lipinski definition) is 1. The van der Waals surface area contributed by atoms with E-state index < -0.39 is 0 Å². The molecule has 0 bridgehead atoms. The molecule has 5 aliphatic carbocycles. The van der Waals surface area contributed by atoms with E-state index in [2.05, 4.69) is 123 Å². The number of methoxy groups -OCH3 is 2. The zero-order valence-corrected chi connectivity index (χ0v) is 43.4. The van der Waals surface area contributed by atoms with E-state index in [-0.39, 0.29) is 39.1 Å². The van der Waals surface area contributed by atoms with Gasteiger partial charge in [0.05, 0.1) is 19.6 Å². The molecular weight excluding hydrogens is 833 g/mol. The van der Waals surface area contributed by atoms with Crippen molar-refractivity contribution in [2.75, 3.05) is 66.6 Å². The number of benzene rings is 2. The fourth-order valence-corrected chi connectivity index (χ4v) is 15.9. The number of nitrogens with one attached hydrogen (secondary N) is 1. The molecular formula is C58H88N4O5. The Labute approximate surface area is 405 Å². The van der Waals surface area contributed by atoms with Crippen molar-refractivity contribution in [1.29, 1.82) is 0 Å². The molecule has 0 aromatic heterocycles. The summed E-state index contributed by atoms with van der Waals surface area (Å²) in [6.45, 7) is 29.3. The van der Waals surface area contributed by atoms with Gasteiger partial charge >= 0.3 is 5.97 Å². The Bertz CT molecular complexity index is 2000. The molecule has 67 heavy (non-hydrogen) atoms. The Balaban J connectivity index is 0.839. The summed E-state index contributed by atoms with van der Waals surface area (Å²) in [5.41, 5.74) is 4.33. The molecule has 6 aliphatic rings. The van der Waals surface area contributed by atoms with Gasteiger partial charge in [-0.2, -0.15) is 0 Å². The maximum atomic E-state index is 14.9. The number of piperazine rings is 1. The van der Waals surface area contributed by atoms with Gasteiger partial charge in [0, 0.05) is 64.7 Å². The van der Waals surface area contributed by atoms with Crippen molar-refractivity contribution in [2.24, 2.45) is 56.7 Å². The summed E-state index contributed by atoms with van der Waals surface area (Å²) >= 11 is 0. The van der Waals surface area contributed by atoms with Gasteiger partial charge in [0.25, 0.3) is 0 Å². The first-order valence-electron chi connectivity index (χ1n) is 26.6. The van der Waals surface area contributed by atoms with Crippen LogP contribution in [-0.4, -0.2) is 99.3 Å². The van der Waals surface area contributed by atoms with Gasteiger partial charge in [-0.15, -0.1) is 0 Å². The largest absolute Gasteiger partial charge is 0.497 e. The first-order chi connectivity index (χ1) is 32.0. The topological polar surface area (TPSA) is 83.6 Å². The number of allylic oxidation sites excluding steroid dienone is 2. The lowest BCUT2D eigenvalue weighted by molar-refractivity contribution is -0.212. The Morgan fingerprint density at radius 2 is 1.33 bits per heavy atom. The number of esters is 1. The number of fused-ring (bicyclic) bond motifs is 7. The smallest absolute Gasteiger partial charge is 0.302 e. The predicted molar refractivity (Wildman–Crippen MR) is 270 cm³/mol. The second kappa shape index (κ2) is 20.1. The average Bonchev–Trinajstić information content (AvgIpc) is 3.31. The van der Waals surface area contributed by atoms with E-state index >= 15 is 0 Å². The summed E-state index contributed by atoms with van der Waals surface area (Å²) in [5, 5.41) is 3.60. The zero-order chi connectivity index (χ0) is 47.8. The second-order valence-corrected chi connectivity index (χ2v) is 23.8. The van der Waals surface area contributed by atoms with Crippen LogP contribution in [0.15, 0.2) is 60.2 Å². The van der Waals surface area contributed by atoms with Crippen molar-refractivity contribution in [2.45, 2.75) is 145 Å². The van der Waals surface area contributed by atoms with Crippen LogP contribution in [0.3, 0.4) is 0 Å². The van der Waals surface area contributed by atoms with E-state index in [9.17, 15) is 9.59 Å². The Morgan fingerprint density at radius 1 is 0.731 bits per heavy atom. The Kier molecular flexibility index (Phi) is 15.0. The summed E-state index contributed by atoms with van der Waals surface area (Å²) in [7, 11) is 3.44. The summed E-state index contributed by atoms with van der Waals surface area (Å²) < 4.78 is 16.8. The number of ether oxygens (including phenoxy) is 3. The van der Waals surface area contributed by atoms with Crippen LogP contribution in [0, 0.1) is 56.7 Å². The average molecular weight is 921 g/mol. The highest BCUT2D eigenvalue weighted by Gasteiger charge is 2.69. The van der Waals surface area contributed by atoms with E-state index in [1.807, 2.05) is 0 Å². The van der Waals surface area contributed by atoms with E-state index in [1.54, 1.807) is 26.7 Å². The molecule has 1 heterocycles. The first kappa shape index (κ1) is 50.0. The minimum Gasteiger partial charge on any atom is -0.497 e. The fourth-order valence-electron chi connectivity index (χ4n) is 15.9. The van der Waals surface area contributed by atoms with Crippen LogP contribution in [0.1, 0.15) is 137 Å². The summed E-state index contributed by atoms with van der Waals surface area (Å²) in [6.07, 6.45) is 14.7. The van der Waals surface area contributed by atoms with Crippen LogP contribution in [0.5, 0.6) is 11.5 Å². The molecule has 2 aromatic rings. The molecule has 0 radical (unpaired) electrons. The number of amides is 1. The molecule has 1 aliphatic heterocycles. The van der Waals surface area contributed by atoms with Gasteiger partial charge in [0.2, 0.25) is 5.91 Å². The van der Waals surface area contributed by atoms with Crippen LogP contribution in [0.4, 0.5) is 0 Å². The second-order valence-electron chi connectivity index (χ2n) is 23.8. The van der Waals surface area contributed by atoms with E-state index in [1.165, 1.54) is 24.0 Å². The highest BCUT2D eigenvalue weighted by Crippen LogP contribution is 2.76. The molecule has 9 heteroatoms. The zero-order valence-electron chi connectivity index (χ0n) is 43.4. The van der Waals surface area contributed by atoms with Gasteiger partial charge in [-0.3, -0.25) is 14.5 Å². The molecule has 4 saturated carbocycles. The first-order valence-corrected chi connectivity index (χ1v) is 26.6. The van der Waals surface area contributed by atoms with Crippen molar-refractivity contribution in [1.82, 2.24) is 20.0 Å². The molecule has 5 fully saturated rings. The lowest BCUT2D eigenvalue weighted by Crippen LogP contribution is -2.66. The third-order valence-electron chi connectivity index (χ3n) is 20.2. The van der Waals surface area contributed by atoms with Crippen molar-refractivity contribution >= 4 is 11.9 Å². The van der Waals surface area contributed by atoms with Crippen molar-refractivity contribution in [3.63, 3.8) is 0 Å². The molecule has 1 saturated heterocycles. The van der Waals surface area contributed by atoms with E-state index in [0.29, 0.717) is 35.5 Å². The quantitative estimate of drug-likeness (QED) is 0.101. The van der Waals surface area contributed by atoms with Crippen LogP contribution >= 0.6 is 0 Å². The number of carbonyl (C=O) groups excluding carboxylic acids is 2. The molecule has 0 spiro atoms. The Morgan fingerprint density at radius 3 is 1.91 bits per heavy atom. The maximum absolute atomic E-state index is 14.9.